The Balaban J connectivity index is 0.000000172. The highest BCUT2D eigenvalue weighted by atomic mass is 32.2. The van der Waals surface area contributed by atoms with Gasteiger partial charge in [-0.25, -0.2) is 31.1 Å². The summed E-state index contributed by atoms with van der Waals surface area (Å²) in [5.41, 5.74) is 6.44. The number of nitrogens with zero attached hydrogens (tertiary/aromatic N) is 6. The summed E-state index contributed by atoms with van der Waals surface area (Å²) in [6.07, 6.45) is 4.16. The van der Waals surface area contributed by atoms with Gasteiger partial charge in [-0.3, -0.25) is 4.68 Å². The van der Waals surface area contributed by atoms with E-state index in [-0.39, 0.29) is 16.7 Å². The number of hydrogen-bond acceptors (Lipinski definition) is 7. The Labute approximate surface area is 187 Å². The van der Waals surface area contributed by atoms with Crippen molar-refractivity contribution < 1.29 is 26.7 Å². The molecule has 5 rings (SSSR count). The van der Waals surface area contributed by atoms with Crippen LogP contribution in [0.1, 0.15) is 25.7 Å². The zero-order valence-electron chi connectivity index (χ0n) is 17.6. The van der Waals surface area contributed by atoms with Crippen LogP contribution >= 0.6 is 0 Å². The fourth-order valence-electron chi connectivity index (χ4n) is 3.64. The maximum atomic E-state index is 13.8. The number of nitrogens with two attached hydrogens (primary N) is 1. The quantitative estimate of drug-likeness (QED) is 0.558. The van der Waals surface area contributed by atoms with E-state index in [1.165, 1.54) is 33.5 Å². The normalized spacial score (nSPS) is 19.6. The summed E-state index contributed by atoms with van der Waals surface area (Å²) in [4.78, 5) is 3.71. The Morgan fingerprint density at radius 3 is 2.67 bits per heavy atom. The molecule has 10 nitrogen and oxygen atoms in total. The minimum atomic E-state index is -3.05. The summed E-state index contributed by atoms with van der Waals surface area (Å²) in [5.74, 6) is -0.545. The maximum Gasteiger partial charge on any atom is 0.257 e. The number of aromatic nitrogens is 5. The lowest BCUT2D eigenvalue weighted by Gasteiger charge is -2.29. The molecule has 1 unspecified atom stereocenters. The fraction of sp³-hybridized carbons (Fsp3) is 0.526. The number of β-amino-alcohol motifs (C(OH)–C–C–N with tert-alkyl or cyclic N) is 1. The third kappa shape index (κ3) is 5.28. The van der Waals surface area contributed by atoms with Crippen LogP contribution in [-0.2, 0) is 16.6 Å². The van der Waals surface area contributed by atoms with Gasteiger partial charge in [-0.15, -0.1) is 5.10 Å². The Morgan fingerprint density at radius 2 is 2.00 bits per heavy atom. The molecule has 0 spiro atoms. The average molecular weight is 488 g/mol. The van der Waals surface area contributed by atoms with Crippen LogP contribution in [0, 0.1) is 5.82 Å². The highest BCUT2D eigenvalue weighted by molar-refractivity contribution is 7.90. The lowest BCUT2D eigenvalue weighted by molar-refractivity contribution is 0.108. The molecule has 1 saturated heterocycles. The van der Waals surface area contributed by atoms with E-state index < -0.39 is 34.9 Å². The average Bonchev–Trinajstić information content (AvgIpc) is 3.45. The highest BCUT2D eigenvalue weighted by Gasteiger charge is 2.41. The van der Waals surface area contributed by atoms with Crippen molar-refractivity contribution in [2.45, 2.75) is 50.0 Å². The Morgan fingerprint density at radius 1 is 1.24 bits per heavy atom. The molecule has 1 aliphatic carbocycles. The Hall–Kier alpha value is -2.71. The lowest BCUT2D eigenvalue weighted by atomic mass is 10.1. The monoisotopic (exact) mass is 487 g/mol. The summed E-state index contributed by atoms with van der Waals surface area (Å²) in [6, 6.07) is 1.23. The number of fused-ring (bicyclic) bond motifs is 1. The molecule has 3 aromatic rings. The molecule has 0 amide bonds. The zero-order chi connectivity index (χ0) is 23.8. The molecular formula is C19H24F3N7O3S. The summed E-state index contributed by atoms with van der Waals surface area (Å²) in [6.45, 7) is 0.373. The topological polar surface area (TPSA) is 132 Å². The van der Waals surface area contributed by atoms with Crippen molar-refractivity contribution in [2.24, 2.45) is 0 Å². The summed E-state index contributed by atoms with van der Waals surface area (Å²) < 4.78 is 65.5. The predicted molar refractivity (Wildman–Crippen MR) is 113 cm³/mol. The number of piperidine rings is 1. The number of hydrogen-bond donors (Lipinski definition) is 2. The van der Waals surface area contributed by atoms with E-state index in [4.69, 9.17) is 5.73 Å². The van der Waals surface area contributed by atoms with Crippen molar-refractivity contribution >= 4 is 21.5 Å². The van der Waals surface area contributed by atoms with Crippen molar-refractivity contribution in [3.8, 4) is 11.3 Å². The summed E-state index contributed by atoms with van der Waals surface area (Å²) in [7, 11) is -3.05. The number of alkyl halides is 2. The molecule has 33 heavy (non-hydrogen) atoms. The standard InChI is InChI=1S/C11H9F3N6.C8H15NO3S/c12-7-1-8(20-9(7)3-16-11(15)18-20)6-2-17-19(4-6)5-10(13)14;10-7-2-1-5-9(6-7)13(11,12)8-3-4-8/h1-4,10H,5H2,(H2,15,18);7-8,10H,1-6H2. The first-order chi connectivity index (χ1) is 15.6. The van der Waals surface area contributed by atoms with E-state index >= 15 is 0 Å². The number of nitrogen functional groups attached to an aromatic ring is 1. The van der Waals surface area contributed by atoms with Gasteiger partial charge in [0.15, 0.2) is 5.82 Å². The second kappa shape index (κ2) is 9.27. The molecule has 3 N–H and O–H groups in total. The Kier molecular flexibility index (Phi) is 6.59. The number of anilines is 1. The number of halogens is 3. The van der Waals surface area contributed by atoms with Crippen LogP contribution < -0.4 is 5.73 Å². The molecule has 0 bridgehead atoms. The van der Waals surface area contributed by atoms with Crippen molar-refractivity contribution in [2.75, 3.05) is 18.8 Å². The van der Waals surface area contributed by atoms with E-state index in [1.54, 1.807) is 0 Å². The maximum absolute atomic E-state index is 13.8. The van der Waals surface area contributed by atoms with Gasteiger partial charge in [0, 0.05) is 30.9 Å². The van der Waals surface area contributed by atoms with Crippen LogP contribution in [0.25, 0.3) is 16.8 Å². The van der Waals surface area contributed by atoms with Crippen molar-refractivity contribution in [3.05, 3.63) is 30.5 Å². The fourth-order valence-corrected chi connectivity index (χ4v) is 5.55. The molecular weight excluding hydrogens is 463 g/mol. The summed E-state index contributed by atoms with van der Waals surface area (Å²) in [5, 5.41) is 16.9. The summed E-state index contributed by atoms with van der Waals surface area (Å²) >= 11 is 0. The zero-order valence-corrected chi connectivity index (χ0v) is 18.4. The Bertz CT molecular complexity index is 1230. The van der Waals surface area contributed by atoms with Crippen molar-refractivity contribution in [1.82, 2.24) is 28.7 Å². The molecule has 2 fully saturated rings. The minimum Gasteiger partial charge on any atom is -0.392 e. The highest BCUT2D eigenvalue weighted by Crippen LogP contribution is 2.32. The molecule has 0 radical (unpaired) electrons. The van der Waals surface area contributed by atoms with Crippen molar-refractivity contribution in [3.63, 3.8) is 0 Å². The molecule has 0 aromatic carbocycles. The van der Waals surface area contributed by atoms with Crippen LogP contribution in [0.5, 0.6) is 0 Å². The SMILES string of the molecule is Nc1ncc2c(F)cc(-c3cnn(CC(F)F)c3)n2n1.O=S(=O)(C1CC1)N1CCCC(O)C1. The first kappa shape index (κ1) is 23.4. The molecule has 4 heterocycles. The molecule has 14 heteroatoms. The number of aliphatic hydroxyl groups is 1. The number of rotatable bonds is 5. The van der Waals surface area contributed by atoms with Gasteiger partial charge in [-0.05, 0) is 25.7 Å². The second-order valence-electron chi connectivity index (χ2n) is 8.03. The van der Waals surface area contributed by atoms with E-state index in [1.807, 2.05) is 0 Å². The third-order valence-electron chi connectivity index (χ3n) is 5.40. The number of sulfonamides is 1. The third-order valence-corrected chi connectivity index (χ3v) is 7.77. The van der Waals surface area contributed by atoms with E-state index in [9.17, 15) is 26.7 Å². The molecule has 1 saturated carbocycles. The lowest BCUT2D eigenvalue weighted by Crippen LogP contribution is -2.43. The van der Waals surface area contributed by atoms with Gasteiger partial charge in [-0.2, -0.15) is 9.40 Å². The first-order valence-corrected chi connectivity index (χ1v) is 11.9. The van der Waals surface area contributed by atoms with E-state index in [2.05, 4.69) is 15.2 Å². The molecule has 2 aliphatic rings. The van der Waals surface area contributed by atoms with Crippen LogP contribution in [0.4, 0.5) is 19.1 Å². The van der Waals surface area contributed by atoms with E-state index in [0.717, 1.165) is 30.4 Å². The van der Waals surface area contributed by atoms with Gasteiger partial charge in [0.2, 0.25) is 16.0 Å². The molecule has 1 aliphatic heterocycles. The molecule has 1 atom stereocenters. The first-order valence-electron chi connectivity index (χ1n) is 10.4. The smallest absolute Gasteiger partial charge is 0.257 e. The van der Waals surface area contributed by atoms with E-state index in [0.29, 0.717) is 24.3 Å². The minimum absolute atomic E-state index is 0.0191. The van der Waals surface area contributed by atoms with Crippen molar-refractivity contribution in [1.29, 1.82) is 0 Å². The second-order valence-corrected chi connectivity index (χ2v) is 10.2. The predicted octanol–water partition coefficient (Wildman–Crippen LogP) is 1.51. The number of aliphatic hydroxyl groups excluding tert-OH is 1. The largest absolute Gasteiger partial charge is 0.392 e. The van der Waals surface area contributed by atoms with Gasteiger partial charge in [0.05, 0.1) is 29.4 Å². The van der Waals surface area contributed by atoms with Crippen LogP contribution in [0.2, 0.25) is 0 Å². The van der Waals surface area contributed by atoms with Crippen LogP contribution in [-0.4, -0.2) is 73.1 Å². The van der Waals surface area contributed by atoms with Gasteiger partial charge >= 0.3 is 0 Å². The van der Waals surface area contributed by atoms with Crippen LogP contribution in [0.15, 0.2) is 24.7 Å². The van der Waals surface area contributed by atoms with Gasteiger partial charge in [0.25, 0.3) is 6.43 Å². The van der Waals surface area contributed by atoms with Gasteiger partial charge < -0.3 is 10.8 Å². The molecule has 3 aromatic heterocycles. The van der Waals surface area contributed by atoms with Gasteiger partial charge in [-0.1, -0.05) is 0 Å². The molecule has 180 valence electrons. The van der Waals surface area contributed by atoms with Crippen LogP contribution in [0.3, 0.4) is 0 Å². The van der Waals surface area contributed by atoms with Gasteiger partial charge in [0.1, 0.15) is 12.1 Å².